The maximum Gasteiger partial charge on any atom is 0.342 e. The molecule has 23 heavy (non-hydrogen) atoms. The zero-order valence-electron chi connectivity index (χ0n) is 12.5. The number of rotatable bonds is 5. The van der Waals surface area contributed by atoms with E-state index in [1.165, 1.54) is 6.20 Å². The lowest BCUT2D eigenvalue weighted by Crippen LogP contribution is -2.37. The predicted octanol–water partition coefficient (Wildman–Crippen LogP) is 2.55. The van der Waals surface area contributed by atoms with Crippen LogP contribution in [0.4, 0.5) is 0 Å². The molecule has 1 aromatic heterocycles. The van der Waals surface area contributed by atoms with Crippen molar-refractivity contribution in [1.82, 2.24) is 15.5 Å². The van der Waals surface area contributed by atoms with Crippen LogP contribution in [-0.4, -0.2) is 34.2 Å². The molecule has 2 N–H and O–H groups in total. The molecule has 2 aromatic rings. The quantitative estimate of drug-likeness (QED) is 0.824. The molecule has 1 aliphatic rings. The highest BCUT2D eigenvalue weighted by Gasteiger charge is 2.28. The van der Waals surface area contributed by atoms with E-state index in [0.717, 1.165) is 18.4 Å². The topological polar surface area (TPSA) is 84.1 Å². The lowest BCUT2D eigenvalue weighted by atomic mass is 10.1. The average molecular weight is 334 g/mol. The predicted molar refractivity (Wildman–Crippen MR) is 85.1 cm³/mol. The molecular weight excluding hydrogens is 318 g/mol. The molecular formula is C16H16ClN3O3. The van der Waals surface area contributed by atoms with Crippen molar-refractivity contribution < 1.29 is 14.3 Å². The molecule has 1 aromatic carbocycles. The number of nitrogens with one attached hydrogen (secondary N) is 2. The first-order valence-electron chi connectivity index (χ1n) is 7.35. The maximum atomic E-state index is 12.3. The van der Waals surface area contributed by atoms with Gasteiger partial charge in [0.05, 0.1) is 11.9 Å². The summed E-state index contributed by atoms with van der Waals surface area (Å²) in [7, 11) is 0. The summed E-state index contributed by atoms with van der Waals surface area (Å²) < 4.78 is 5.23. The monoisotopic (exact) mass is 333 g/mol. The number of nitrogens with zero attached hydrogens (tertiary/aromatic N) is 1. The Kier molecular flexibility index (Phi) is 4.34. The molecule has 3 rings (SSSR count). The van der Waals surface area contributed by atoms with Crippen LogP contribution < -0.4 is 5.32 Å². The van der Waals surface area contributed by atoms with Gasteiger partial charge in [0.2, 0.25) is 0 Å². The Labute approximate surface area is 138 Å². The van der Waals surface area contributed by atoms with Gasteiger partial charge in [-0.05, 0) is 31.9 Å². The fourth-order valence-corrected chi connectivity index (χ4v) is 2.23. The molecule has 1 aliphatic carbocycles. The van der Waals surface area contributed by atoms with Crippen LogP contribution in [0.2, 0.25) is 5.02 Å². The zero-order chi connectivity index (χ0) is 16.4. The van der Waals surface area contributed by atoms with Gasteiger partial charge in [0, 0.05) is 16.6 Å². The SMILES string of the molecule is C[C@@H](OC(=O)c1cn[nH]c1-c1ccc(Cl)cc1)C(=O)NC1CC1. The minimum Gasteiger partial charge on any atom is -0.449 e. The van der Waals surface area contributed by atoms with Crippen molar-refractivity contribution in [3.05, 3.63) is 41.0 Å². The highest BCUT2D eigenvalue weighted by Crippen LogP contribution is 2.24. The Hall–Kier alpha value is -2.34. The molecule has 1 atom stereocenters. The van der Waals surface area contributed by atoms with Crippen molar-refractivity contribution in [3.8, 4) is 11.3 Å². The molecule has 1 heterocycles. The number of H-pyrrole nitrogens is 1. The number of aromatic nitrogens is 2. The number of carbonyl (C=O) groups is 2. The highest BCUT2D eigenvalue weighted by atomic mass is 35.5. The molecule has 0 aliphatic heterocycles. The normalized spacial score (nSPS) is 15.0. The minimum absolute atomic E-state index is 0.224. The van der Waals surface area contributed by atoms with E-state index in [-0.39, 0.29) is 17.5 Å². The zero-order valence-corrected chi connectivity index (χ0v) is 13.3. The molecule has 0 radical (unpaired) electrons. The van der Waals surface area contributed by atoms with Crippen LogP contribution in [-0.2, 0) is 9.53 Å². The molecule has 0 unspecified atom stereocenters. The summed E-state index contributed by atoms with van der Waals surface area (Å²) in [6.45, 7) is 1.55. The van der Waals surface area contributed by atoms with E-state index < -0.39 is 12.1 Å². The van der Waals surface area contributed by atoms with Gasteiger partial charge in [0.25, 0.3) is 5.91 Å². The number of hydrogen-bond acceptors (Lipinski definition) is 4. The summed E-state index contributed by atoms with van der Waals surface area (Å²) in [5.74, 6) is -0.875. The van der Waals surface area contributed by atoms with Gasteiger partial charge in [-0.3, -0.25) is 9.89 Å². The van der Waals surface area contributed by atoms with Crippen molar-refractivity contribution in [1.29, 1.82) is 0 Å². The second kappa shape index (κ2) is 6.42. The molecule has 0 spiro atoms. The number of aromatic amines is 1. The second-order valence-corrected chi connectivity index (χ2v) is 5.93. The second-order valence-electron chi connectivity index (χ2n) is 5.50. The summed E-state index contributed by atoms with van der Waals surface area (Å²) >= 11 is 5.86. The van der Waals surface area contributed by atoms with Gasteiger partial charge in [-0.25, -0.2) is 4.79 Å². The third-order valence-corrected chi connectivity index (χ3v) is 3.82. The van der Waals surface area contributed by atoms with Gasteiger partial charge in [-0.1, -0.05) is 23.7 Å². The van der Waals surface area contributed by atoms with Crippen LogP contribution in [0.25, 0.3) is 11.3 Å². The number of hydrogen-bond donors (Lipinski definition) is 2. The largest absolute Gasteiger partial charge is 0.449 e. The van der Waals surface area contributed by atoms with Crippen LogP contribution in [0.15, 0.2) is 30.5 Å². The number of ether oxygens (including phenoxy) is 1. The Morgan fingerprint density at radius 3 is 2.70 bits per heavy atom. The number of esters is 1. The fraction of sp³-hybridized carbons (Fsp3) is 0.312. The Balaban J connectivity index is 1.71. The third kappa shape index (κ3) is 3.71. The number of amides is 1. The summed E-state index contributed by atoms with van der Waals surface area (Å²) in [5.41, 5.74) is 1.56. The third-order valence-electron chi connectivity index (χ3n) is 3.57. The van der Waals surface area contributed by atoms with E-state index in [4.69, 9.17) is 16.3 Å². The maximum absolute atomic E-state index is 12.3. The fourth-order valence-electron chi connectivity index (χ4n) is 2.10. The summed E-state index contributed by atoms with van der Waals surface area (Å²) in [6, 6.07) is 7.21. The van der Waals surface area contributed by atoms with Gasteiger partial charge in [0.15, 0.2) is 6.10 Å². The van der Waals surface area contributed by atoms with E-state index in [1.54, 1.807) is 31.2 Å². The van der Waals surface area contributed by atoms with Crippen LogP contribution in [0.3, 0.4) is 0 Å². The highest BCUT2D eigenvalue weighted by molar-refractivity contribution is 6.30. The van der Waals surface area contributed by atoms with E-state index in [1.807, 2.05) is 0 Å². The van der Waals surface area contributed by atoms with Gasteiger partial charge in [-0.15, -0.1) is 0 Å². The van der Waals surface area contributed by atoms with Crippen molar-refractivity contribution in [2.75, 3.05) is 0 Å². The lowest BCUT2D eigenvalue weighted by Gasteiger charge is -2.13. The first-order chi connectivity index (χ1) is 11.0. The van der Waals surface area contributed by atoms with E-state index >= 15 is 0 Å². The first kappa shape index (κ1) is 15.6. The molecule has 1 amide bonds. The summed E-state index contributed by atoms with van der Waals surface area (Å²) in [4.78, 5) is 24.2. The number of benzene rings is 1. The average Bonchev–Trinajstić information content (AvgIpc) is 3.20. The molecule has 0 bridgehead atoms. The number of carbonyl (C=O) groups excluding carboxylic acids is 2. The van der Waals surface area contributed by atoms with E-state index in [9.17, 15) is 9.59 Å². The molecule has 7 heteroatoms. The van der Waals surface area contributed by atoms with Crippen molar-refractivity contribution in [3.63, 3.8) is 0 Å². The Bertz CT molecular complexity index is 722. The molecule has 1 fully saturated rings. The Morgan fingerprint density at radius 2 is 2.04 bits per heavy atom. The first-order valence-corrected chi connectivity index (χ1v) is 7.73. The van der Waals surface area contributed by atoms with Crippen molar-refractivity contribution in [2.24, 2.45) is 0 Å². The lowest BCUT2D eigenvalue weighted by molar-refractivity contribution is -0.129. The number of halogens is 1. The molecule has 0 saturated heterocycles. The smallest absolute Gasteiger partial charge is 0.342 e. The van der Waals surface area contributed by atoms with Crippen molar-refractivity contribution >= 4 is 23.5 Å². The van der Waals surface area contributed by atoms with Gasteiger partial charge in [0.1, 0.15) is 5.56 Å². The Morgan fingerprint density at radius 1 is 1.35 bits per heavy atom. The summed E-state index contributed by atoms with van der Waals surface area (Å²) in [6.07, 6.45) is 2.50. The molecule has 1 saturated carbocycles. The minimum atomic E-state index is -0.851. The van der Waals surface area contributed by atoms with Gasteiger partial charge >= 0.3 is 5.97 Å². The van der Waals surface area contributed by atoms with E-state index in [2.05, 4.69) is 15.5 Å². The van der Waals surface area contributed by atoms with Crippen LogP contribution in [0.1, 0.15) is 30.1 Å². The van der Waals surface area contributed by atoms with Crippen molar-refractivity contribution in [2.45, 2.75) is 31.9 Å². The molecule has 6 nitrogen and oxygen atoms in total. The van der Waals surface area contributed by atoms with Crippen LogP contribution in [0.5, 0.6) is 0 Å². The van der Waals surface area contributed by atoms with Gasteiger partial charge in [-0.2, -0.15) is 5.10 Å². The van der Waals surface area contributed by atoms with Gasteiger partial charge < -0.3 is 10.1 Å². The summed E-state index contributed by atoms with van der Waals surface area (Å²) in [5, 5.41) is 10.1. The van der Waals surface area contributed by atoms with Crippen LogP contribution >= 0.6 is 11.6 Å². The van der Waals surface area contributed by atoms with Crippen LogP contribution in [0, 0.1) is 0 Å². The van der Waals surface area contributed by atoms with E-state index in [0.29, 0.717) is 10.7 Å². The standard InChI is InChI=1S/C16H16ClN3O3/c1-9(15(21)19-12-6-7-12)23-16(22)13-8-18-20-14(13)10-2-4-11(17)5-3-10/h2-5,8-9,12H,6-7H2,1H3,(H,18,20)(H,19,21)/t9-/m1/s1. The molecule has 120 valence electrons.